The molecule has 1 saturated heterocycles. The van der Waals surface area contributed by atoms with Gasteiger partial charge in [-0.2, -0.15) is 0 Å². The lowest BCUT2D eigenvalue weighted by atomic mass is 10.1. The van der Waals surface area contributed by atoms with E-state index in [1.807, 2.05) is 12.2 Å². The first-order valence-corrected chi connectivity index (χ1v) is 16.6. The predicted molar refractivity (Wildman–Crippen MR) is 154 cm³/mol. The molecule has 3 heterocycles. The quantitative estimate of drug-likeness (QED) is 0.358. The van der Waals surface area contributed by atoms with Crippen LogP contribution in [0.2, 0.25) is 0 Å². The number of sulfonamides is 1. The Morgan fingerprint density at radius 1 is 1.14 bits per heavy atom. The summed E-state index contributed by atoms with van der Waals surface area (Å²) in [6.45, 7) is -1.33. The summed E-state index contributed by atoms with van der Waals surface area (Å²) in [4.78, 5) is 59.0. The number of nitrogens with zero attached hydrogens (tertiary/aromatic N) is 2. The second kappa shape index (κ2) is 13.5. The maximum Gasteiger partial charge on any atom is 0.407 e. The Balaban J connectivity index is 1.41. The van der Waals surface area contributed by atoms with E-state index in [2.05, 4.69) is 20.3 Å². The van der Waals surface area contributed by atoms with Gasteiger partial charge in [-0.05, 0) is 50.7 Å². The van der Waals surface area contributed by atoms with Crippen molar-refractivity contribution in [2.24, 2.45) is 5.92 Å². The Morgan fingerprint density at radius 2 is 1.91 bits per heavy atom. The molecule has 5 rings (SSSR count). The van der Waals surface area contributed by atoms with Gasteiger partial charge in [0.1, 0.15) is 42.8 Å². The molecule has 0 aromatic carbocycles. The molecule has 1 aromatic heterocycles. The fourth-order valence-corrected chi connectivity index (χ4v) is 7.14. The van der Waals surface area contributed by atoms with Gasteiger partial charge >= 0.3 is 6.09 Å². The monoisotopic (exact) mass is 635 g/mol. The molecule has 3 fully saturated rings. The second-order valence-corrected chi connectivity index (χ2v) is 13.7. The van der Waals surface area contributed by atoms with Gasteiger partial charge in [0.25, 0.3) is 5.91 Å². The fraction of sp³-hybridized carbons (Fsp3) is 0.621. The second-order valence-electron chi connectivity index (χ2n) is 11.7. The van der Waals surface area contributed by atoms with E-state index in [1.54, 1.807) is 24.5 Å². The van der Waals surface area contributed by atoms with Crippen molar-refractivity contribution < 1.29 is 41.5 Å². The molecule has 240 valence electrons. The molecule has 44 heavy (non-hydrogen) atoms. The number of nitrogens with one attached hydrogen (secondary N) is 3. The number of fused-ring (bicyclic) bond motifs is 2. The van der Waals surface area contributed by atoms with Crippen molar-refractivity contribution in [1.29, 1.82) is 0 Å². The molecule has 0 bridgehead atoms. The molecular weight excluding hydrogens is 597 g/mol. The fourth-order valence-electron chi connectivity index (χ4n) is 5.77. The van der Waals surface area contributed by atoms with Crippen LogP contribution in [0.4, 0.5) is 9.18 Å². The van der Waals surface area contributed by atoms with E-state index in [0.29, 0.717) is 31.4 Å². The average molecular weight is 636 g/mol. The highest BCUT2D eigenvalue weighted by Gasteiger charge is 2.62. The third kappa shape index (κ3) is 7.48. The molecule has 2 aliphatic heterocycles. The number of alkyl halides is 1. The maximum absolute atomic E-state index is 14.0. The maximum atomic E-state index is 14.0. The Labute approximate surface area is 255 Å². The summed E-state index contributed by atoms with van der Waals surface area (Å²) in [6.07, 6.45) is 9.56. The van der Waals surface area contributed by atoms with E-state index >= 15 is 0 Å². The van der Waals surface area contributed by atoms with Crippen LogP contribution in [-0.2, 0) is 29.1 Å². The predicted octanol–water partition coefficient (Wildman–Crippen LogP) is 1.50. The number of alkyl carbamates (subject to hydrolysis) is 1. The largest absolute Gasteiger partial charge is 0.488 e. The molecule has 0 spiro atoms. The minimum Gasteiger partial charge on any atom is -0.488 e. The zero-order valence-electron chi connectivity index (χ0n) is 24.3. The highest BCUT2D eigenvalue weighted by atomic mass is 32.2. The first-order chi connectivity index (χ1) is 21.1. The third-order valence-electron chi connectivity index (χ3n) is 8.40. The molecule has 5 atom stereocenters. The van der Waals surface area contributed by atoms with Crippen LogP contribution in [0.1, 0.15) is 57.8 Å². The van der Waals surface area contributed by atoms with E-state index < -0.39 is 82.0 Å². The van der Waals surface area contributed by atoms with Gasteiger partial charge < -0.3 is 25.0 Å². The van der Waals surface area contributed by atoms with Crippen molar-refractivity contribution in [2.75, 3.05) is 19.8 Å². The number of carbonyl (C=O) groups excluding carboxylic acids is 4. The topological polar surface area (TPSA) is 173 Å². The van der Waals surface area contributed by atoms with Crippen molar-refractivity contribution in [1.82, 2.24) is 25.2 Å². The van der Waals surface area contributed by atoms with Crippen molar-refractivity contribution >= 4 is 33.8 Å². The Hall–Kier alpha value is -3.75. The minimum absolute atomic E-state index is 0.00946. The summed E-state index contributed by atoms with van der Waals surface area (Å²) < 4.78 is 50.9. The standard InChI is InChI=1S/C29H38FN5O8S/c30-12-15-42-28(39)32-23-7-5-3-1-2-4-6-19-17-29(19,27(38)34-44(40,41)22-8-9-22)33-25(36)24-16-21(18-35(24)26(23)37)43-20-10-13-31-14-11-20/h4,6,10-11,13-14,19,21-24H,1-3,5,7-9,12,15-18H2,(H,32,39)(H,33,36)(H,34,38)/b6-4-/t19-,21?,23+,24+,29-/m1/s1. The van der Waals surface area contributed by atoms with Crippen LogP contribution in [-0.4, -0.2) is 90.9 Å². The number of hydrogen-bond acceptors (Lipinski definition) is 9. The highest BCUT2D eigenvalue weighted by Crippen LogP contribution is 2.46. The van der Waals surface area contributed by atoms with Crippen LogP contribution >= 0.6 is 0 Å². The first-order valence-electron chi connectivity index (χ1n) is 15.0. The number of ether oxygens (including phenoxy) is 2. The van der Waals surface area contributed by atoms with Crippen molar-refractivity contribution in [3.63, 3.8) is 0 Å². The number of rotatable bonds is 8. The Morgan fingerprint density at radius 3 is 2.64 bits per heavy atom. The number of aromatic nitrogens is 1. The number of halogens is 1. The van der Waals surface area contributed by atoms with Crippen molar-refractivity contribution in [3.05, 3.63) is 36.7 Å². The summed E-state index contributed by atoms with van der Waals surface area (Å²) >= 11 is 0. The molecule has 3 N–H and O–H groups in total. The van der Waals surface area contributed by atoms with Gasteiger partial charge in [0.15, 0.2) is 0 Å². The number of carbonyl (C=O) groups is 4. The van der Waals surface area contributed by atoms with Crippen molar-refractivity contribution in [3.8, 4) is 5.75 Å². The lowest BCUT2D eigenvalue weighted by Gasteiger charge is -2.29. The average Bonchev–Trinajstić information content (AvgIpc) is 3.92. The SMILES string of the molecule is O=C(N[C@H]1CCCCC/C=C\[C@@H]2C[C@@]2(C(=O)NS(=O)(=O)C2CC2)NC(=O)[C@@H]2CC(Oc3ccncc3)CN2C1=O)OCCF. The van der Waals surface area contributed by atoms with Crippen LogP contribution in [0.25, 0.3) is 0 Å². The molecule has 4 amide bonds. The lowest BCUT2D eigenvalue weighted by Crippen LogP contribution is -2.58. The molecule has 2 saturated carbocycles. The summed E-state index contributed by atoms with van der Waals surface area (Å²) in [6, 6.07) is 1.15. The van der Waals surface area contributed by atoms with Gasteiger partial charge in [-0.15, -0.1) is 0 Å². The minimum atomic E-state index is -3.87. The Kier molecular flexibility index (Phi) is 9.71. The first kappa shape index (κ1) is 31.7. The van der Waals surface area contributed by atoms with E-state index in [4.69, 9.17) is 9.47 Å². The van der Waals surface area contributed by atoms with Crippen LogP contribution in [0.15, 0.2) is 36.7 Å². The Bertz CT molecular complexity index is 1370. The molecule has 13 nitrogen and oxygen atoms in total. The van der Waals surface area contributed by atoms with Gasteiger partial charge in [-0.25, -0.2) is 17.6 Å². The highest BCUT2D eigenvalue weighted by molar-refractivity contribution is 7.91. The van der Waals surface area contributed by atoms with Crippen molar-refractivity contribution in [2.45, 2.75) is 86.8 Å². The van der Waals surface area contributed by atoms with Crippen LogP contribution in [0.3, 0.4) is 0 Å². The third-order valence-corrected chi connectivity index (χ3v) is 10.2. The number of hydrogen-bond donors (Lipinski definition) is 3. The normalized spacial score (nSPS) is 30.0. The number of allylic oxidation sites excluding steroid dienone is 1. The molecular formula is C29H38FN5O8S. The van der Waals surface area contributed by atoms with Crippen LogP contribution in [0.5, 0.6) is 5.75 Å². The molecule has 0 radical (unpaired) electrons. The number of amides is 4. The smallest absolute Gasteiger partial charge is 0.407 e. The molecule has 4 aliphatic rings. The summed E-state index contributed by atoms with van der Waals surface area (Å²) in [7, 11) is -3.87. The van der Waals surface area contributed by atoms with Gasteiger partial charge in [0.05, 0.1) is 11.8 Å². The van der Waals surface area contributed by atoms with E-state index in [0.717, 1.165) is 12.8 Å². The lowest BCUT2D eigenvalue weighted by molar-refractivity contribution is -0.141. The van der Waals surface area contributed by atoms with Gasteiger partial charge in [0.2, 0.25) is 21.8 Å². The summed E-state index contributed by atoms with van der Waals surface area (Å²) in [5.41, 5.74) is -1.48. The summed E-state index contributed by atoms with van der Waals surface area (Å²) in [5.74, 6) is -1.91. The molecule has 1 aromatic rings. The van der Waals surface area contributed by atoms with E-state index in [-0.39, 0.29) is 25.8 Å². The molecule has 1 unspecified atom stereocenters. The molecule has 2 aliphatic carbocycles. The van der Waals surface area contributed by atoms with Crippen LogP contribution < -0.4 is 20.1 Å². The van der Waals surface area contributed by atoms with Crippen LogP contribution in [0, 0.1) is 5.92 Å². The van der Waals surface area contributed by atoms with Gasteiger partial charge in [-0.1, -0.05) is 25.0 Å². The van der Waals surface area contributed by atoms with Gasteiger partial charge in [-0.3, -0.25) is 24.1 Å². The zero-order valence-corrected chi connectivity index (χ0v) is 25.1. The van der Waals surface area contributed by atoms with Gasteiger partial charge in [0, 0.05) is 24.7 Å². The van der Waals surface area contributed by atoms with E-state index in [9.17, 15) is 32.0 Å². The number of pyridine rings is 1. The molecule has 15 heteroatoms. The van der Waals surface area contributed by atoms with E-state index in [1.165, 1.54) is 4.90 Å². The zero-order chi connectivity index (χ0) is 31.3. The summed E-state index contributed by atoms with van der Waals surface area (Å²) in [5, 5.41) is 4.71.